The molecule has 1 aromatic heterocycles. The van der Waals surface area contributed by atoms with E-state index in [2.05, 4.69) is 44.0 Å². The van der Waals surface area contributed by atoms with Gasteiger partial charge in [0.25, 0.3) is 0 Å². The van der Waals surface area contributed by atoms with Crippen LogP contribution in [0, 0.1) is 11.7 Å². The number of hydrogen-bond donors (Lipinski definition) is 1. The topological polar surface area (TPSA) is 75.3 Å². The average molecular weight is 506 g/mol. The number of carbonyl (C=O) groups is 1. The van der Waals surface area contributed by atoms with E-state index in [0.29, 0.717) is 28.1 Å². The van der Waals surface area contributed by atoms with Crippen molar-refractivity contribution >= 4 is 17.4 Å². The molecule has 2 N–H and O–H groups in total. The zero-order chi connectivity index (χ0) is 25.8. The summed E-state index contributed by atoms with van der Waals surface area (Å²) in [6.07, 6.45) is 2.79. The van der Waals surface area contributed by atoms with Crippen molar-refractivity contribution in [2.45, 2.75) is 12.8 Å². The van der Waals surface area contributed by atoms with Crippen LogP contribution in [-0.4, -0.2) is 53.4 Å². The number of nitrogens with two attached hydrogens (primary N) is 1. The maximum Gasteiger partial charge on any atom is 0.221 e. The van der Waals surface area contributed by atoms with Gasteiger partial charge in [0, 0.05) is 55.1 Å². The Morgan fingerprint density at radius 3 is 2.16 bits per heavy atom. The largest absolute Gasteiger partial charge is 0.369 e. The molecule has 7 heteroatoms. The van der Waals surface area contributed by atoms with Gasteiger partial charge in [-0.3, -0.25) is 9.69 Å². The van der Waals surface area contributed by atoms with Gasteiger partial charge in [-0.1, -0.05) is 30.3 Å². The number of anilines is 2. The normalized spacial score (nSPS) is 17.0. The Labute approximate surface area is 220 Å². The Balaban J connectivity index is 1.22. The SMILES string of the molecule is Nc1nc(-c2ccc(F)cc2)c2c(n1)-c1c(cccc1-c1ccc(N3CCN(CC4CC4)CC3)cc1)C2=O. The Kier molecular flexibility index (Phi) is 5.48. The van der Waals surface area contributed by atoms with Crippen molar-refractivity contribution < 1.29 is 9.18 Å². The summed E-state index contributed by atoms with van der Waals surface area (Å²) >= 11 is 0. The van der Waals surface area contributed by atoms with E-state index in [1.54, 1.807) is 12.1 Å². The van der Waals surface area contributed by atoms with E-state index in [4.69, 9.17) is 5.73 Å². The molecule has 6 nitrogen and oxygen atoms in total. The van der Waals surface area contributed by atoms with Gasteiger partial charge in [0.2, 0.25) is 5.95 Å². The minimum absolute atomic E-state index is 0.0784. The summed E-state index contributed by atoms with van der Waals surface area (Å²) in [6, 6.07) is 20.2. The molecule has 0 bridgehead atoms. The van der Waals surface area contributed by atoms with Crippen molar-refractivity contribution in [3.63, 3.8) is 0 Å². The molecule has 38 heavy (non-hydrogen) atoms. The lowest BCUT2D eigenvalue weighted by Crippen LogP contribution is -2.47. The summed E-state index contributed by atoms with van der Waals surface area (Å²) in [4.78, 5) is 27.5. The van der Waals surface area contributed by atoms with Crippen LogP contribution >= 0.6 is 0 Å². The van der Waals surface area contributed by atoms with Crippen molar-refractivity contribution in [2.75, 3.05) is 43.4 Å². The zero-order valence-corrected chi connectivity index (χ0v) is 21.0. The summed E-state index contributed by atoms with van der Waals surface area (Å²) in [5.41, 5.74) is 12.6. The van der Waals surface area contributed by atoms with Gasteiger partial charge in [-0.25, -0.2) is 14.4 Å². The fraction of sp³-hybridized carbons (Fsp3) is 0.258. The van der Waals surface area contributed by atoms with Crippen LogP contribution in [0.1, 0.15) is 28.8 Å². The molecule has 0 spiro atoms. The van der Waals surface area contributed by atoms with Crippen LogP contribution in [0.5, 0.6) is 0 Å². The lowest BCUT2D eigenvalue weighted by Gasteiger charge is -2.36. The third kappa shape index (κ3) is 4.03. The summed E-state index contributed by atoms with van der Waals surface area (Å²) in [6.45, 7) is 5.55. The third-order valence-electron chi connectivity index (χ3n) is 7.95. The van der Waals surface area contributed by atoms with E-state index < -0.39 is 0 Å². The molecule has 2 fully saturated rings. The van der Waals surface area contributed by atoms with Crippen molar-refractivity contribution in [1.82, 2.24) is 14.9 Å². The Morgan fingerprint density at radius 1 is 0.789 bits per heavy atom. The van der Waals surface area contributed by atoms with E-state index in [-0.39, 0.29) is 17.5 Å². The highest BCUT2D eigenvalue weighted by molar-refractivity contribution is 6.25. The molecular formula is C31H28FN5O. The second-order valence-electron chi connectivity index (χ2n) is 10.5. The van der Waals surface area contributed by atoms with E-state index in [1.807, 2.05) is 18.2 Å². The number of nitrogen functional groups attached to an aromatic ring is 1. The number of halogens is 1. The Morgan fingerprint density at radius 2 is 1.45 bits per heavy atom. The lowest BCUT2D eigenvalue weighted by atomic mass is 9.96. The lowest BCUT2D eigenvalue weighted by molar-refractivity contribution is 0.104. The molecule has 3 aromatic carbocycles. The predicted molar refractivity (Wildman–Crippen MR) is 148 cm³/mol. The molecule has 4 aromatic rings. The molecular weight excluding hydrogens is 477 g/mol. The summed E-state index contributed by atoms with van der Waals surface area (Å²) in [5, 5.41) is 0. The van der Waals surface area contributed by atoms with Crippen LogP contribution in [-0.2, 0) is 0 Å². The maximum absolute atomic E-state index is 13.6. The average Bonchev–Trinajstić information content (AvgIpc) is 3.72. The van der Waals surface area contributed by atoms with Crippen LogP contribution in [0.15, 0.2) is 66.7 Å². The predicted octanol–water partition coefficient (Wildman–Crippen LogP) is 5.28. The van der Waals surface area contributed by atoms with Crippen LogP contribution < -0.4 is 10.6 Å². The van der Waals surface area contributed by atoms with E-state index >= 15 is 0 Å². The third-order valence-corrected chi connectivity index (χ3v) is 7.95. The van der Waals surface area contributed by atoms with E-state index in [1.165, 1.54) is 37.2 Å². The van der Waals surface area contributed by atoms with E-state index in [9.17, 15) is 9.18 Å². The second-order valence-corrected chi connectivity index (χ2v) is 10.5. The van der Waals surface area contributed by atoms with Gasteiger partial charge >= 0.3 is 0 Å². The molecule has 7 rings (SSSR count). The summed E-state index contributed by atoms with van der Waals surface area (Å²) in [5.74, 6) is 0.511. The first-order chi connectivity index (χ1) is 18.5. The standard InChI is InChI=1S/C31H28FN5O/c32-22-10-6-21(7-11-22)28-27-29(35-31(33)34-28)26-24(2-1-3-25(26)30(27)38)20-8-12-23(13-9-20)37-16-14-36(15-17-37)18-19-4-5-19/h1-3,6-13,19H,4-5,14-18H2,(H2,33,34,35). The number of fused-ring (bicyclic) bond motifs is 3. The molecule has 2 heterocycles. The molecule has 0 atom stereocenters. The second kappa shape index (κ2) is 9.03. The van der Waals surface area contributed by atoms with Gasteiger partial charge in [0.1, 0.15) is 5.82 Å². The zero-order valence-electron chi connectivity index (χ0n) is 21.0. The first kappa shape index (κ1) is 23.0. The number of ketones is 1. The van der Waals surface area contributed by atoms with Crippen molar-refractivity contribution in [3.8, 4) is 33.6 Å². The van der Waals surface area contributed by atoms with Crippen LogP contribution in [0.2, 0.25) is 0 Å². The van der Waals surface area contributed by atoms with Gasteiger partial charge in [0.05, 0.1) is 17.0 Å². The first-order valence-electron chi connectivity index (χ1n) is 13.2. The maximum atomic E-state index is 13.6. The first-order valence-corrected chi connectivity index (χ1v) is 13.2. The number of rotatable bonds is 5. The summed E-state index contributed by atoms with van der Waals surface area (Å²) < 4.78 is 13.6. The highest BCUT2D eigenvalue weighted by Gasteiger charge is 2.34. The number of carbonyl (C=O) groups excluding carboxylic acids is 1. The van der Waals surface area contributed by atoms with E-state index in [0.717, 1.165) is 48.8 Å². The number of aromatic nitrogens is 2. The van der Waals surface area contributed by atoms with Crippen LogP contribution in [0.4, 0.5) is 16.0 Å². The molecule has 1 saturated heterocycles. The van der Waals surface area contributed by atoms with Crippen molar-refractivity contribution in [2.24, 2.45) is 5.92 Å². The highest BCUT2D eigenvalue weighted by atomic mass is 19.1. The fourth-order valence-corrected chi connectivity index (χ4v) is 5.77. The molecule has 3 aliphatic rings. The number of benzene rings is 3. The van der Waals surface area contributed by atoms with Crippen molar-refractivity contribution in [1.29, 1.82) is 0 Å². The van der Waals surface area contributed by atoms with Gasteiger partial charge < -0.3 is 10.6 Å². The number of nitrogens with zero attached hydrogens (tertiary/aromatic N) is 4. The minimum Gasteiger partial charge on any atom is -0.369 e. The fourth-order valence-electron chi connectivity index (χ4n) is 5.77. The van der Waals surface area contributed by atoms with Gasteiger partial charge in [-0.05, 0) is 66.3 Å². The molecule has 1 aliphatic heterocycles. The minimum atomic E-state index is -0.354. The molecule has 0 radical (unpaired) electrons. The monoisotopic (exact) mass is 505 g/mol. The molecule has 2 aliphatic carbocycles. The molecule has 190 valence electrons. The molecule has 0 amide bonds. The molecule has 1 saturated carbocycles. The summed E-state index contributed by atoms with van der Waals surface area (Å²) in [7, 11) is 0. The van der Waals surface area contributed by atoms with Gasteiger partial charge in [-0.2, -0.15) is 0 Å². The smallest absolute Gasteiger partial charge is 0.221 e. The van der Waals surface area contributed by atoms with Crippen LogP contribution in [0.25, 0.3) is 33.6 Å². The Hall–Kier alpha value is -4.10. The van der Waals surface area contributed by atoms with Crippen LogP contribution in [0.3, 0.4) is 0 Å². The van der Waals surface area contributed by atoms with Gasteiger partial charge in [-0.15, -0.1) is 0 Å². The number of piperazine rings is 1. The molecule has 0 unspecified atom stereocenters. The number of hydrogen-bond acceptors (Lipinski definition) is 6. The highest BCUT2D eigenvalue weighted by Crippen LogP contribution is 2.45. The van der Waals surface area contributed by atoms with Crippen molar-refractivity contribution in [3.05, 3.63) is 83.7 Å². The Bertz CT molecular complexity index is 1540. The quantitative estimate of drug-likeness (QED) is 0.351. The van der Waals surface area contributed by atoms with Gasteiger partial charge in [0.15, 0.2) is 5.78 Å².